The van der Waals surface area contributed by atoms with Gasteiger partial charge in [0, 0.05) is 13.0 Å². The van der Waals surface area contributed by atoms with Crippen molar-refractivity contribution in [1.82, 2.24) is 5.32 Å². The van der Waals surface area contributed by atoms with Crippen LogP contribution in [0.25, 0.3) is 0 Å². The minimum atomic E-state index is 0.561. The van der Waals surface area contributed by atoms with Crippen LogP contribution in [0, 0.1) is 12.3 Å². The van der Waals surface area contributed by atoms with Crippen LogP contribution in [-0.4, -0.2) is 20.8 Å². The van der Waals surface area contributed by atoms with Gasteiger partial charge in [0.1, 0.15) is 0 Å². The number of benzene rings is 1. The number of hydrogen-bond acceptors (Lipinski definition) is 3. The van der Waals surface area contributed by atoms with Crippen LogP contribution in [0.3, 0.4) is 0 Å². The average Bonchev–Trinajstić information content (AvgIpc) is 2.42. The molecule has 1 aromatic rings. The molecule has 0 saturated carbocycles. The van der Waals surface area contributed by atoms with Crippen molar-refractivity contribution in [2.75, 3.05) is 20.8 Å². The zero-order valence-electron chi connectivity index (χ0n) is 11.5. The van der Waals surface area contributed by atoms with Gasteiger partial charge in [-0.3, -0.25) is 0 Å². The minimum absolute atomic E-state index is 0.561. The van der Waals surface area contributed by atoms with Crippen LogP contribution < -0.4 is 14.8 Å². The maximum Gasteiger partial charge on any atom is 0.179 e. The summed E-state index contributed by atoms with van der Waals surface area (Å²) in [7, 11) is 3.18. The number of methoxy groups -OCH3 is 2. The Kier molecular flexibility index (Phi) is 7.17. The fraction of sp³-hybridized carbons (Fsp3) is 0.467. The number of nitrogens with one attached hydrogen (secondary N) is 1. The molecule has 0 aliphatic rings. The molecule has 19 heavy (non-hydrogen) atoms. The van der Waals surface area contributed by atoms with E-state index in [1.807, 2.05) is 12.1 Å². The van der Waals surface area contributed by atoms with E-state index in [-0.39, 0.29) is 0 Å². The summed E-state index contributed by atoms with van der Waals surface area (Å²) in [6.45, 7) is 1.68. The van der Waals surface area contributed by atoms with Gasteiger partial charge in [0.05, 0.1) is 19.2 Å². The van der Waals surface area contributed by atoms with E-state index in [1.165, 1.54) is 0 Å². The first-order chi connectivity index (χ1) is 9.22. The van der Waals surface area contributed by atoms with Crippen molar-refractivity contribution in [2.45, 2.75) is 25.8 Å². The second-order valence-electron chi connectivity index (χ2n) is 4.15. The first-order valence-corrected chi connectivity index (χ1v) is 6.65. The Morgan fingerprint density at radius 3 is 2.68 bits per heavy atom. The molecule has 0 fully saturated rings. The quantitative estimate of drug-likeness (QED) is 0.586. The number of ether oxygens (including phenoxy) is 2. The lowest BCUT2D eigenvalue weighted by molar-refractivity contribution is 0.354. The van der Waals surface area contributed by atoms with Crippen LogP contribution in [0.2, 0.25) is 5.02 Å². The maximum absolute atomic E-state index is 6.14. The monoisotopic (exact) mass is 281 g/mol. The third kappa shape index (κ3) is 5.02. The van der Waals surface area contributed by atoms with Crippen LogP contribution >= 0.6 is 11.6 Å². The summed E-state index contributed by atoms with van der Waals surface area (Å²) in [6.07, 6.45) is 8.16. The SMILES string of the molecule is C#CCCCCNCc1cc(Cl)c(OC)c(OC)c1. The normalized spacial score (nSPS) is 10.0. The van der Waals surface area contributed by atoms with Gasteiger partial charge in [-0.2, -0.15) is 0 Å². The summed E-state index contributed by atoms with van der Waals surface area (Å²) in [5.74, 6) is 3.86. The summed E-state index contributed by atoms with van der Waals surface area (Å²) >= 11 is 6.14. The van der Waals surface area contributed by atoms with Crippen molar-refractivity contribution in [1.29, 1.82) is 0 Å². The van der Waals surface area contributed by atoms with Crippen LogP contribution in [0.15, 0.2) is 12.1 Å². The lowest BCUT2D eigenvalue weighted by Crippen LogP contribution is -2.14. The third-order valence-electron chi connectivity index (χ3n) is 2.75. The fourth-order valence-corrected chi connectivity index (χ4v) is 2.09. The van der Waals surface area contributed by atoms with Crippen LogP contribution in [-0.2, 0) is 6.54 Å². The lowest BCUT2D eigenvalue weighted by atomic mass is 10.2. The molecule has 0 aliphatic heterocycles. The second kappa shape index (κ2) is 8.68. The number of unbranched alkanes of at least 4 members (excludes halogenated alkanes) is 2. The van der Waals surface area contributed by atoms with Crippen molar-refractivity contribution in [3.8, 4) is 23.8 Å². The van der Waals surface area contributed by atoms with E-state index in [0.717, 1.165) is 37.9 Å². The summed E-state index contributed by atoms with van der Waals surface area (Å²) in [4.78, 5) is 0. The van der Waals surface area contributed by atoms with Gasteiger partial charge in [0.25, 0.3) is 0 Å². The third-order valence-corrected chi connectivity index (χ3v) is 3.03. The Labute approximate surface area is 120 Å². The van der Waals surface area contributed by atoms with Gasteiger partial charge in [-0.15, -0.1) is 12.3 Å². The van der Waals surface area contributed by atoms with Gasteiger partial charge in [-0.05, 0) is 37.1 Å². The predicted molar refractivity (Wildman–Crippen MR) is 78.9 cm³/mol. The Bertz CT molecular complexity index is 441. The van der Waals surface area contributed by atoms with Gasteiger partial charge >= 0.3 is 0 Å². The summed E-state index contributed by atoms with van der Waals surface area (Å²) < 4.78 is 10.5. The molecule has 0 bridgehead atoms. The largest absolute Gasteiger partial charge is 0.493 e. The molecule has 0 heterocycles. The second-order valence-corrected chi connectivity index (χ2v) is 4.56. The molecule has 4 heteroatoms. The van der Waals surface area contributed by atoms with Crippen molar-refractivity contribution < 1.29 is 9.47 Å². The molecule has 0 radical (unpaired) electrons. The Morgan fingerprint density at radius 1 is 1.26 bits per heavy atom. The summed E-state index contributed by atoms with van der Waals surface area (Å²) in [6, 6.07) is 3.82. The molecule has 0 unspecified atom stereocenters. The Morgan fingerprint density at radius 2 is 2.05 bits per heavy atom. The van der Waals surface area contributed by atoms with Crippen LogP contribution in [0.1, 0.15) is 24.8 Å². The van der Waals surface area contributed by atoms with E-state index in [1.54, 1.807) is 14.2 Å². The van der Waals surface area contributed by atoms with Gasteiger partial charge in [0.15, 0.2) is 11.5 Å². The minimum Gasteiger partial charge on any atom is -0.493 e. The summed E-state index contributed by atoms with van der Waals surface area (Å²) in [5, 5.41) is 3.91. The number of terminal acetylenes is 1. The van der Waals surface area contributed by atoms with E-state index in [4.69, 9.17) is 27.5 Å². The average molecular weight is 282 g/mol. The zero-order valence-corrected chi connectivity index (χ0v) is 12.2. The maximum atomic E-state index is 6.14. The topological polar surface area (TPSA) is 30.5 Å². The smallest absolute Gasteiger partial charge is 0.179 e. The highest BCUT2D eigenvalue weighted by atomic mass is 35.5. The Balaban J connectivity index is 2.51. The molecule has 0 aromatic heterocycles. The molecule has 0 atom stereocenters. The molecule has 0 spiro atoms. The van der Waals surface area contributed by atoms with Crippen LogP contribution in [0.4, 0.5) is 0 Å². The van der Waals surface area contributed by atoms with Gasteiger partial charge in [-0.1, -0.05) is 11.6 Å². The highest BCUT2D eigenvalue weighted by Crippen LogP contribution is 2.35. The fourth-order valence-electron chi connectivity index (χ4n) is 1.78. The van der Waals surface area contributed by atoms with Crippen molar-refractivity contribution in [3.63, 3.8) is 0 Å². The number of hydrogen-bond donors (Lipinski definition) is 1. The molecule has 1 rings (SSSR count). The molecular formula is C15H20ClNO2. The highest BCUT2D eigenvalue weighted by Gasteiger charge is 2.10. The molecule has 0 aliphatic carbocycles. The number of halogens is 1. The predicted octanol–water partition coefficient (Wildman–Crippen LogP) is 3.25. The van der Waals surface area contributed by atoms with E-state index in [0.29, 0.717) is 16.5 Å². The molecule has 0 amide bonds. The first kappa shape index (κ1) is 15.7. The summed E-state index contributed by atoms with van der Waals surface area (Å²) in [5.41, 5.74) is 1.07. The van der Waals surface area contributed by atoms with E-state index in [2.05, 4.69) is 11.2 Å². The van der Waals surface area contributed by atoms with E-state index < -0.39 is 0 Å². The lowest BCUT2D eigenvalue weighted by Gasteiger charge is -2.12. The van der Waals surface area contributed by atoms with Crippen molar-refractivity contribution in [3.05, 3.63) is 22.7 Å². The molecule has 0 saturated heterocycles. The first-order valence-electron chi connectivity index (χ1n) is 6.27. The highest BCUT2D eigenvalue weighted by molar-refractivity contribution is 6.32. The van der Waals surface area contributed by atoms with Gasteiger partial charge in [0.2, 0.25) is 0 Å². The van der Waals surface area contributed by atoms with Gasteiger partial charge < -0.3 is 14.8 Å². The molecule has 3 nitrogen and oxygen atoms in total. The molecular weight excluding hydrogens is 262 g/mol. The number of rotatable bonds is 8. The van der Waals surface area contributed by atoms with Gasteiger partial charge in [-0.25, -0.2) is 0 Å². The Hall–Kier alpha value is -1.37. The standard InChI is InChI=1S/C15H20ClNO2/c1-4-5-6-7-8-17-11-12-9-13(16)15(19-3)14(10-12)18-2/h1,9-10,17H,5-8,11H2,2-3H3. The van der Waals surface area contributed by atoms with E-state index in [9.17, 15) is 0 Å². The zero-order chi connectivity index (χ0) is 14.1. The van der Waals surface area contributed by atoms with Crippen molar-refractivity contribution in [2.24, 2.45) is 0 Å². The molecule has 1 N–H and O–H groups in total. The van der Waals surface area contributed by atoms with E-state index >= 15 is 0 Å². The van der Waals surface area contributed by atoms with Crippen LogP contribution in [0.5, 0.6) is 11.5 Å². The molecule has 1 aromatic carbocycles. The van der Waals surface area contributed by atoms with Crippen molar-refractivity contribution >= 4 is 11.6 Å². The molecule has 104 valence electrons.